The van der Waals surface area contributed by atoms with Crippen molar-refractivity contribution in [3.63, 3.8) is 0 Å². The Balaban J connectivity index is 2.07. The van der Waals surface area contributed by atoms with E-state index in [0.29, 0.717) is 5.92 Å². The summed E-state index contributed by atoms with van der Waals surface area (Å²) in [5.74, 6) is 0.228. The van der Waals surface area contributed by atoms with Crippen LogP contribution in [0.5, 0.6) is 0 Å². The lowest BCUT2D eigenvalue weighted by molar-refractivity contribution is -0.284. The smallest absolute Gasteiger partial charge is 0.162 e. The summed E-state index contributed by atoms with van der Waals surface area (Å²) in [6, 6.07) is 0. The van der Waals surface area contributed by atoms with Gasteiger partial charge in [0.05, 0.1) is 13.2 Å². The molecule has 1 saturated heterocycles. The highest BCUT2D eigenvalue weighted by molar-refractivity contribution is 5.21. The van der Waals surface area contributed by atoms with Crippen molar-refractivity contribution in [3.05, 3.63) is 24.3 Å². The zero-order valence-electron chi connectivity index (χ0n) is 10.6. The van der Waals surface area contributed by atoms with Gasteiger partial charge in [0.25, 0.3) is 0 Å². The average Bonchev–Trinajstić information content (AvgIpc) is 2.51. The molecule has 1 unspecified atom stereocenters. The van der Waals surface area contributed by atoms with Gasteiger partial charge >= 0.3 is 0 Å². The van der Waals surface area contributed by atoms with Crippen LogP contribution in [0, 0.1) is 11.3 Å². The average molecular weight is 222 g/mol. The molecule has 1 atom stereocenters. The van der Waals surface area contributed by atoms with E-state index in [4.69, 9.17) is 9.47 Å². The molecule has 0 radical (unpaired) electrons. The van der Waals surface area contributed by atoms with Crippen LogP contribution in [0.4, 0.5) is 0 Å². The van der Waals surface area contributed by atoms with Crippen molar-refractivity contribution >= 4 is 0 Å². The predicted octanol–water partition coefficient (Wildman–Crippen LogP) is 3.30. The Bertz CT molecular complexity index is 305. The first-order valence-electron chi connectivity index (χ1n) is 6.06. The fraction of sp³-hybridized carbons (Fsp3) is 0.714. The fourth-order valence-electron chi connectivity index (χ4n) is 2.79. The van der Waals surface area contributed by atoms with Crippen LogP contribution in [0.15, 0.2) is 24.3 Å². The molecule has 1 aliphatic heterocycles. The normalized spacial score (nSPS) is 34.4. The monoisotopic (exact) mass is 222 g/mol. The Hall–Kier alpha value is -0.600. The summed E-state index contributed by atoms with van der Waals surface area (Å²) >= 11 is 0. The molecular formula is C14H22O2. The van der Waals surface area contributed by atoms with Crippen molar-refractivity contribution in [1.82, 2.24) is 0 Å². The van der Waals surface area contributed by atoms with Gasteiger partial charge in [0.15, 0.2) is 5.79 Å². The number of allylic oxidation sites excluding steroid dienone is 3. The van der Waals surface area contributed by atoms with Gasteiger partial charge in [0.2, 0.25) is 0 Å². The third kappa shape index (κ3) is 2.23. The molecule has 0 aromatic carbocycles. The molecule has 1 heterocycles. The summed E-state index contributed by atoms with van der Waals surface area (Å²) in [7, 11) is 0. The van der Waals surface area contributed by atoms with Gasteiger partial charge in [-0.2, -0.15) is 0 Å². The van der Waals surface area contributed by atoms with Crippen LogP contribution in [0.3, 0.4) is 0 Å². The number of ether oxygens (including phenoxy) is 2. The van der Waals surface area contributed by atoms with E-state index in [9.17, 15) is 0 Å². The van der Waals surface area contributed by atoms with E-state index in [0.717, 1.165) is 19.6 Å². The molecule has 90 valence electrons. The van der Waals surface area contributed by atoms with E-state index in [1.807, 2.05) is 19.9 Å². The van der Waals surface area contributed by atoms with Crippen molar-refractivity contribution in [2.75, 3.05) is 13.2 Å². The van der Waals surface area contributed by atoms with Crippen LogP contribution in [-0.4, -0.2) is 19.0 Å². The molecule has 0 aromatic rings. The van der Waals surface area contributed by atoms with Crippen LogP contribution < -0.4 is 0 Å². The van der Waals surface area contributed by atoms with Gasteiger partial charge in [0.1, 0.15) is 0 Å². The lowest BCUT2D eigenvalue weighted by atomic mass is 9.86. The lowest BCUT2D eigenvalue weighted by Gasteiger charge is -2.41. The standard InChI is InChI=1S/C14H22O2/c1-5-6-12-8-14(7-11(12)2)9-15-13(3,4)16-10-14/h5-6,11H,1,7-10H2,2-4H3/b12-6-. The second-order valence-corrected chi connectivity index (χ2v) is 5.74. The summed E-state index contributed by atoms with van der Waals surface area (Å²) in [6.45, 7) is 11.7. The molecular weight excluding hydrogens is 200 g/mol. The van der Waals surface area contributed by atoms with Crippen LogP contribution >= 0.6 is 0 Å². The molecule has 2 fully saturated rings. The molecule has 2 nitrogen and oxygen atoms in total. The predicted molar refractivity (Wildman–Crippen MR) is 65.1 cm³/mol. The van der Waals surface area contributed by atoms with E-state index in [1.54, 1.807) is 0 Å². The summed E-state index contributed by atoms with van der Waals surface area (Å²) in [5, 5.41) is 0. The molecule has 1 spiro atoms. The maximum atomic E-state index is 5.80. The van der Waals surface area contributed by atoms with Gasteiger partial charge in [-0.05, 0) is 32.6 Å². The zero-order valence-corrected chi connectivity index (χ0v) is 10.6. The highest BCUT2D eigenvalue weighted by Crippen LogP contribution is 2.48. The topological polar surface area (TPSA) is 18.5 Å². The molecule has 0 amide bonds. The minimum absolute atomic E-state index is 0.212. The number of hydrogen-bond donors (Lipinski definition) is 0. The molecule has 0 bridgehead atoms. The SMILES string of the molecule is C=C/C=C1/CC2(COC(C)(C)OC2)CC1C. The molecule has 2 rings (SSSR count). The highest BCUT2D eigenvalue weighted by atomic mass is 16.7. The Morgan fingerprint density at radius 3 is 2.50 bits per heavy atom. The van der Waals surface area contributed by atoms with Crippen molar-refractivity contribution in [2.24, 2.45) is 11.3 Å². The fourth-order valence-corrected chi connectivity index (χ4v) is 2.79. The van der Waals surface area contributed by atoms with E-state index in [-0.39, 0.29) is 5.41 Å². The first-order valence-corrected chi connectivity index (χ1v) is 6.06. The molecule has 2 heteroatoms. The van der Waals surface area contributed by atoms with E-state index in [1.165, 1.54) is 12.0 Å². The number of hydrogen-bond acceptors (Lipinski definition) is 2. The third-order valence-electron chi connectivity index (χ3n) is 3.74. The molecule has 0 N–H and O–H groups in total. The second-order valence-electron chi connectivity index (χ2n) is 5.74. The largest absolute Gasteiger partial charge is 0.350 e. The number of rotatable bonds is 1. The molecule has 1 saturated carbocycles. The Morgan fingerprint density at radius 2 is 1.94 bits per heavy atom. The Morgan fingerprint density at radius 1 is 1.31 bits per heavy atom. The molecule has 2 aliphatic rings. The van der Waals surface area contributed by atoms with Gasteiger partial charge in [0, 0.05) is 5.41 Å². The third-order valence-corrected chi connectivity index (χ3v) is 3.74. The van der Waals surface area contributed by atoms with Gasteiger partial charge in [-0.15, -0.1) is 0 Å². The molecule has 0 aromatic heterocycles. The first-order chi connectivity index (χ1) is 7.46. The molecule has 1 aliphatic carbocycles. The van der Waals surface area contributed by atoms with Crippen LogP contribution in [0.2, 0.25) is 0 Å². The summed E-state index contributed by atoms with van der Waals surface area (Å²) in [6.07, 6.45) is 6.30. The lowest BCUT2D eigenvalue weighted by Crippen LogP contribution is -2.45. The Labute approximate surface area is 98.3 Å². The van der Waals surface area contributed by atoms with Crippen LogP contribution in [0.1, 0.15) is 33.6 Å². The summed E-state index contributed by atoms with van der Waals surface area (Å²) in [4.78, 5) is 0. The maximum absolute atomic E-state index is 5.80. The zero-order chi connectivity index (χ0) is 11.8. The highest BCUT2D eigenvalue weighted by Gasteiger charge is 2.45. The van der Waals surface area contributed by atoms with Gasteiger partial charge in [-0.1, -0.05) is 31.2 Å². The van der Waals surface area contributed by atoms with E-state index in [2.05, 4.69) is 19.6 Å². The quantitative estimate of drug-likeness (QED) is 0.677. The van der Waals surface area contributed by atoms with Crippen LogP contribution in [-0.2, 0) is 9.47 Å². The Kier molecular flexibility index (Phi) is 2.97. The van der Waals surface area contributed by atoms with E-state index >= 15 is 0 Å². The van der Waals surface area contributed by atoms with E-state index < -0.39 is 5.79 Å². The van der Waals surface area contributed by atoms with Gasteiger partial charge < -0.3 is 9.47 Å². The van der Waals surface area contributed by atoms with Crippen molar-refractivity contribution in [3.8, 4) is 0 Å². The first kappa shape index (κ1) is 11.9. The second kappa shape index (κ2) is 4.01. The van der Waals surface area contributed by atoms with Crippen LogP contribution in [0.25, 0.3) is 0 Å². The summed E-state index contributed by atoms with van der Waals surface area (Å²) < 4.78 is 11.6. The maximum Gasteiger partial charge on any atom is 0.162 e. The van der Waals surface area contributed by atoms with Crippen molar-refractivity contribution < 1.29 is 9.47 Å². The van der Waals surface area contributed by atoms with Crippen molar-refractivity contribution in [1.29, 1.82) is 0 Å². The minimum Gasteiger partial charge on any atom is -0.350 e. The van der Waals surface area contributed by atoms with Crippen molar-refractivity contribution in [2.45, 2.75) is 39.4 Å². The van der Waals surface area contributed by atoms with Gasteiger partial charge in [-0.25, -0.2) is 0 Å². The minimum atomic E-state index is -0.403. The summed E-state index contributed by atoms with van der Waals surface area (Å²) in [5.41, 5.74) is 1.70. The molecule has 16 heavy (non-hydrogen) atoms. The van der Waals surface area contributed by atoms with Gasteiger partial charge in [-0.3, -0.25) is 0 Å².